The van der Waals surface area contributed by atoms with Crippen LogP contribution < -0.4 is 4.89 Å². The Hall–Kier alpha value is -2.12. The smallest absolute Gasteiger partial charge is 0.340 e. The molecule has 1 aromatic carbocycles. The maximum atomic E-state index is 10.8. The van der Waals surface area contributed by atoms with Gasteiger partial charge in [0, 0.05) is 0 Å². The van der Waals surface area contributed by atoms with Crippen molar-refractivity contribution in [2.75, 3.05) is 0 Å². The Bertz CT molecular complexity index is 466. The van der Waals surface area contributed by atoms with Crippen LogP contribution in [0.15, 0.2) is 24.3 Å². The van der Waals surface area contributed by atoms with Crippen LogP contribution >= 0.6 is 0 Å². The maximum absolute atomic E-state index is 10.8. The number of carbonyl (C=O) groups is 2. The monoisotopic (exact) mass is 284 g/mol. The van der Waals surface area contributed by atoms with Crippen molar-refractivity contribution in [1.29, 1.82) is 0 Å². The van der Waals surface area contributed by atoms with Gasteiger partial charge in [0.1, 0.15) is 0 Å². The van der Waals surface area contributed by atoms with Crippen LogP contribution in [0.3, 0.4) is 0 Å². The fraction of sp³-hybridized carbons (Fsp3) is 0.385. The molecule has 0 aliphatic heterocycles. The van der Waals surface area contributed by atoms with Crippen LogP contribution in [0.1, 0.15) is 25.3 Å². The lowest BCUT2D eigenvalue weighted by Gasteiger charge is -2.15. The van der Waals surface area contributed by atoms with Crippen molar-refractivity contribution in [3.05, 3.63) is 29.8 Å². The van der Waals surface area contributed by atoms with Gasteiger partial charge in [-0.25, -0.2) is 9.59 Å². The number of carboxylic acids is 2. The SMILES string of the molecule is CC(C)c1ccc(OO[C@@H](C(=O)O)[C@@H](O)C(=O)O)cc1. The first-order chi connectivity index (χ1) is 9.32. The van der Waals surface area contributed by atoms with Gasteiger partial charge in [-0.3, -0.25) is 0 Å². The summed E-state index contributed by atoms with van der Waals surface area (Å²) in [5.74, 6) is -2.82. The minimum atomic E-state index is -2.22. The molecule has 7 nitrogen and oxygen atoms in total. The van der Waals surface area contributed by atoms with Crippen molar-refractivity contribution >= 4 is 11.9 Å². The van der Waals surface area contributed by atoms with E-state index in [9.17, 15) is 9.59 Å². The summed E-state index contributed by atoms with van der Waals surface area (Å²) in [6.45, 7) is 4.02. The largest absolute Gasteiger partial charge is 0.479 e. The first-order valence-corrected chi connectivity index (χ1v) is 5.90. The van der Waals surface area contributed by atoms with Gasteiger partial charge in [-0.2, -0.15) is 4.89 Å². The molecule has 0 heterocycles. The van der Waals surface area contributed by atoms with Crippen molar-refractivity contribution in [3.8, 4) is 5.75 Å². The van der Waals surface area contributed by atoms with E-state index in [4.69, 9.17) is 20.2 Å². The Morgan fingerprint density at radius 2 is 1.60 bits per heavy atom. The van der Waals surface area contributed by atoms with Gasteiger partial charge in [-0.1, -0.05) is 26.0 Å². The highest BCUT2D eigenvalue weighted by Gasteiger charge is 2.35. The van der Waals surface area contributed by atoms with E-state index in [0.29, 0.717) is 5.92 Å². The van der Waals surface area contributed by atoms with Gasteiger partial charge in [-0.05, 0) is 23.6 Å². The van der Waals surface area contributed by atoms with Crippen molar-refractivity contribution in [3.63, 3.8) is 0 Å². The normalized spacial score (nSPS) is 13.8. The summed E-state index contributed by atoms with van der Waals surface area (Å²) < 4.78 is 0. The molecule has 7 heteroatoms. The molecule has 0 aromatic heterocycles. The van der Waals surface area contributed by atoms with Gasteiger partial charge < -0.3 is 20.2 Å². The summed E-state index contributed by atoms with van der Waals surface area (Å²) >= 11 is 0. The number of aliphatic hydroxyl groups is 1. The number of hydrogen-bond donors (Lipinski definition) is 3. The van der Waals surface area contributed by atoms with Crippen molar-refractivity contribution in [2.45, 2.75) is 32.0 Å². The minimum Gasteiger partial charge on any atom is -0.479 e. The van der Waals surface area contributed by atoms with Crippen LogP contribution in [0.2, 0.25) is 0 Å². The van der Waals surface area contributed by atoms with Crippen molar-refractivity contribution < 1.29 is 34.7 Å². The van der Waals surface area contributed by atoms with E-state index in [1.54, 1.807) is 24.3 Å². The summed E-state index contributed by atoms with van der Waals surface area (Å²) in [6, 6.07) is 6.66. The zero-order valence-corrected chi connectivity index (χ0v) is 11.0. The van der Waals surface area contributed by atoms with Crippen LogP contribution in [0.4, 0.5) is 0 Å². The molecule has 1 aromatic rings. The topological polar surface area (TPSA) is 113 Å². The minimum absolute atomic E-state index is 0.207. The van der Waals surface area contributed by atoms with Crippen LogP contribution in [0, 0.1) is 0 Å². The van der Waals surface area contributed by atoms with Crippen LogP contribution in [0.25, 0.3) is 0 Å². The third-order valence-electron chi connectivity index (χ3n) is 2.58. The van der Waals surface area contributed by atoms with Crippen LogP contribution in [-0.2, 0) is 14.5 Å². The molecular formula is C13H16O7. The Balaban J connectivity index is 2.68. The van der Waals surface area contributed by atoms with Crippen molar-refractivity contribution in [2.24, 2.45) is 0 Å². The van der Waals surface area contributed by atoms with Gasteiger partial charge in [0.05, 0.1) is 0 Å². The Morgan fingerprint density at radius 1 is 1.05 bits per heavy atom. The highest BCUT2D eigenvalue weighted by Crippen LogP contribution is 2.19. The Morgan fingerprint density at radius 3 is 2.00 bits per heavy atom. The third kappa shape index (κ3) is 4.22. The molecule has 0 radical (unpaired) electrons. The highest BCUT2D eigenvalue weighted by atomic mass is 17.2. The van der Waals surface area contributed by atoms with E-state index in [2.05, 4.69) is 4.89 Å². The predicted octanol–water partition coefficient (Wildman–Crippen LogP) is 1.02. The summed E-state index contributed by atoms with van der Waals surface area (Å²) in [6.07, 6.45) is -4.24. The standard InChI is InChI=1S/C13H16O7/c1-7(2)8-3-5-9(6-4-8)19-20-11(13(17)18)10(14)12(15)16/h3-7,10-11,14H,1-2H3,(H,15,16)(H,17,18)/t10-,11-/m1/s1. The second-order valence-electron chi connectivity index (χ2n) is 4.45. The molecule has 0 saturated carbocycles. The second kappa shape index (κ2) is 6.88. The predicted molar refractivity (Wildman–Crippen MR) is 67.3 cm³/mol. The molecule has 0 fully saturated rings. The van der Waals surface area contributed by atoms with Gasteiger partial charge in [0.15, 0.2) is 11.9 Å². The van der Waals surface area contributed by atoms with E-state index in [1.165, 1.54) is 0 Å². The van der Waals surface area contributed by atoms with E-state index in [-0.39, 0.29) is 5.75 Å². The summed E-state index contributed by atoms with van der Waals surface area (Å²) in [4.78, 5) is 30.5. The number of aliphatic carboxylic acids is 2. The molecule has 0 bridgehead atoms. The maximum Gasteiger partial charge on any atom is 0.340 e. The van der Waals surface area contributed by atoms with Crippen LogP contribution in [-0.4, -0.2) is 39.5 Å². The fourth-order valence-electron chi connectivity index (χ4n) is 1.37. The lowest BCUT2D eigenvalue weighted by atomic mass is 10.0. The van der Waals surface area contributed by atoms with E-state index in [0.717, 1.165) is 5.56 Å². The van der Waals surface area contributed by atoms with Crippen molar-refractivity contribution in [1.82, 2.24) is 0 Å². The lowest BCUT2D eigenvalue weighted by Crippen LogP contribution is -2.42. The van der Waals surface area contributed by atoms with Gasteiger partial charge in [0.2, 0.25) is 6.10 Å². The second-order valence-corrected chi connectivity index (χ2v) is 4.45. The molecule has 0 aliphatic rings. The highest BCUT2D eigenvalue weighted by molar-refractivity contribution is 5.83. The number of carboxylic acid groups (broad SMARTS) is 2. The van der Waals surface area contributed by atoms with E-state index < -0.39 is 24.1 Å². The molecule has 0 spiro atoms. The van der Waals surface area contributed by atoms with Crippen LogP contribution in [0.5, 0.6) is 5.75 Å². The zero-order valence-electron chi connectivity index (χ0n) is 11.0. The van der Waals surface area contributed by atoms with E-state index in [1.807, 2.05) is 13.8 Å². The Kier molecular flexibility index (Phi) is 5.48. The average molecular weight is 284 g/mol. The third-order valence-corrected chi connectivity index (χ3v) is 2.58. The molecule has 0 amide bonds. The molecule has 0 unspecified atom stereocenters. The molecular weight excluding hydrogens is 268 g/mol. The number of hydrogen-bond acceptors (Lipinski definition) is 5. The number of rotatable bonds is 7. The van der Waals surface area contributed by atoms with Gasteiger partial charge in [0.25, 0.3) is 0 Å². The zero-order chi connectivity index (χ0) is 15.3. The first-order valence-electron chi connectivity index (χ1n) is 5.90. The number of benzene rings is 1. The molecule has 20 heavy (non-hydrogen) atoms. The fourth-order valence-corrected chi connectivity index (χ4v) is 1.37. The Labute approximate surface area is 115 Å². The molecule has 0 aliphatic carbocycles. The quantitative estimate of drug-likeness (QED) is 0.506. The molecule has 1 rings (SSSR count). The molecule has 2 atom stereocenters. The van der Waals surface area contributed by atoms with Gasteiger partial charge >= 0.3 is 11.9 Å². The average Bonchev–Trinajstić information content (AvgIpc) is 2.38. The molecule has 110 valence electrons. The number of aliphatic hydroxyl groups excluding tert-OH is 1. The molecule has 0 saturated heterocycles. The van der Waals surface area contributed by atoms with E-state index >= 15 is 0 Å². The lowest BCUT2D eigenvalue weighted by molar-refractivity contribution is -0.264. The van der Waals surface area contributed by atoms with Gasteiger partial charge in [-0.15, -0.1) is 0 Å². The summed E-state index contributed by atoms with van der Waals surface area (Å²) in [5.41, 5.74) is 1.05. The first kappa shape index (κ1) is 15.9. The summed E-state index contributed by atoms with van der Waals surface area (Å²) in [5, 5.41) is 26.5. The summed E-state index contributed by atoms with van der Waals surface area (Å²) in [7, 11) is 0. The molecule has 3 N–H and O–H groups in total.